The van der Waals surface area contributed by atoms with Gasteiger partial charge in [0.15, 0.2) is 0 Å². The summed E-state index contributed by atoms with van der Waals surface area (Å²) in [5.41, 5.74) is 36.3. The van der Waals surface area contributed by atoms with Crippen LogP contribution < -0.4 is 0 Å². The van der Waals surface area contributed by atoms with E-state index in [1.165, 1.54) is 122 Å². The Kier molecular flexibility index (Phi) is 11.1. The number of rotatable bonds is 7. The van der Waals surface area contributed by atoms with E-state index in [2.05, 4.69) is 298 Å². The van der Waals surface area contributed by atoms with Gasteiger partial charge < -0.3 is 0 Å². The van der Waals surface area contributed by atoms with E-state index in [-0.39, 0.29) is 5.41 Å². The van der Waals surface area contributed by atoms with Crippen LogP contribution in [0.15, 0.2) is 320 Å². The maximum absolute atomic E-state index is 5.67. The number of aliphatic imine (C=N–C) groups is 1. The Bertz CT molecular complexity index is 4970. The van der Waals surface area contributed by atoms with Crippen molar-refractivity contribution >= 4 is 28.1 Å². The van der Waals surface area contributed by atoms with Crippen LogP contribution >= 0.6 is 0 Å². The van der Waals surface area contributed by atoms with Crippen molar-refractivity contribution in [1.82, 2.24) is 0 Å². The normalized spacial score (nSPS) is 19.7. The highest BCUT2D eigenvalue weighted by atomic mass is 14.8. The third-order valence-corrected chi connectivity index (χ3v) is 21.0. The lowest BCUT2D eigenvalue weighted by atomic mass is 9.67. The van der Waals surface area contributed by atoms with Crippen molar-refractivity contribution in [2.24, 2.45) is 4.99 Å². The molecule has 11 aromatic carbocycles. The molecule has 0 fully saturated rings. The van der Waals surface area contributed by atoms with Crippen LogP contribution in [0.4, 0.5) is 0 Å². The summed E-state index contributed by atoms with van der Waals surface area (Å²) in [5, 5.41) is 0. The number of allylic oxidation sites excluding steroid dienone is 10. The molecule has 0 heterocycles. The highest BCUT2D eigenvalue weighted by Gasteiger charge is 2.55. The first-order chi connectivity index (χ1) is 43.5. The van der Waals surface area contributed by atoms with Gasteiger partial charge in [-0.15, -0.1) is 0 Å². The summed E-state index contributed by atoms with van der Waals surface area (Å²) >= 11 is 0. The van der Waals surface area contributed by atoms with E-state index < -0.39 is 10.8 Å². The van der Waals surface area contributed by atoms with Crippen LogP contribution in [0.3, 0.4) is 0 Å². The SMILES string of the molecule is C=C1/C(=C(\N=C(C)c2ccccc2)c2ccccc2)c2ccccc2C1(c1ccc(-c2cccc3c2C2=C(C=CCC2)C32C3=C(CCC=C3)c3ccccc32)cc1)c1ccc(-c2cccc3c2-c2ccccc2C32c3ccccc3-c3ccccc32)cc1. The molecule has 2 spiro atoms. The van der Waals surface area contributed by atoms with Gasteiger partial charge in [-0.1, -0.05) is 298 Å². The van der Waals surface area contributed by atoms with Gasteiger partial charge in [-0.3, -0.25) is 4.99 Å². The van der Waals surface area contributed by atoms with Crippen LogP contribution in [0.2, 0.25) is 0 Å². The molecule has 88 heavy (non-hydrogen) atoms. The number of fused-ring (bicyclic) bond motifs is 19. The Balaban J connectivity index is 0.838. The summed E-state index contributed by atoms with van der Waals surface area (Å²) in [6.07, 6.45) is 14.0. The molecule has 18 rings (SSSR count). The van der Waals surface area contributed by atoms with Crippen molar-refractivity contribution < 1.29 is 0 Å². The molecule has 2 atom stereocenters. The molecule has 7 aliphatic rings. The van der Waals surface area contributed by atoms with Gasteiger partial charge in [0.05, 0.1) is 21.9 Å². The van der Waals surface area contributed by atoms with Gasteiger partial charge in [0.2, 0.25) is 0 Å². The lowest BCUT2D eigenvalue weighted by molar-refractivity contribution is 0.768. The van der Waals surface area contributed by atoms with Crippen molar-refractivity contribution in [3.05, 3.63) is 392 Å². The molecule has 0 amide bonds. The van der Waals surface area contributed by atoms with Crippen LogP contribution in [0, 0.1) is 0 Å². The van der Waals surface area contributed by atoms with Gasteiger partial charge in [-0.05, 0) is 177 Å². The fourth-order valence-electron chi connectivity index (χ4n) is 17.5. The zero-order valence-electron chi connectivity index (χ0n) is 49.2. The third-order valence-electron chi connectivity index (χ3n) is 21.0. The molecule has 414 valence electrons. The van der Waals surface area contributed by atoms with Crippen LogP contribution in [-0.4, -0.2) is 5.71 Å². The molecule has 0 saturated carbocycles. The molecule has 1 heteroatoms. The van der Waals surface area contributed by atoms with Crippen molar-refractivity contribution in [2.45, 2.75) is 48.9 Å². The molecule has 7 aliphatic carbocycles. The molecule has 1 nitrogen and oxygen atoms in total. The van der Waals surface area contributed by atoms with Gasteiger partial charge >= 0.3 is 0 Å². The average molecular weight is 1120 g/mol. The topological polar surface area (TPSA) is 12.4 Å². The average Bonchev–Trinajstić information content (AvgIpc) is 1.54. The zero-order chi connectivity index (χ0) is 58.3. The van der Waals surface area contributed by atoms with Crippen LogP contribution in [-0.2, 0) is 16.2 Å². The Labute approximate surface area is 515 Å². The standard InChI is InChI=1S/C87H61N/c1-55-81(84(60-27-7-4-8-28-60)88-56(2)57-25-5-3-6-26-57)69-33-13-20-42-76(69)85(55,61-51-47-58(48-52-61)63-36-23-45-79-82(63)70-34-14-21-43-77(70)86(79)72-38-16-9-29-65(72)66-30-10-17-39-73(66)86)62-53-49-59(50-54-62)64-37-24-46-80-83(64)71-35-15-22-44-78(71)87(80)74-40-18-11-31-67(74)68-32-12-19-41-75(68)87/h3-11,13-14,16-31,33-34,36-54H,1,12,15,32,35H2,2H3/b84-81+,88-56?. The summed E-state index contributed by atoms with van der Waals surface area (Å²) in [7, 11) is 0. The Morgan fingerprint density at radius 3 is 1.33 bits per heavy atom. The summed E-state index contributed by atoms with van der Waals surface area (Å²) in [6, 6.07) is 100. The second kappa shape index (κ2) is 19.3. The number of hydrogen-bond acceptors (Lipinski definition) is 1. The maximum Gasteiger partial charge on any atom is 0.0786 e. The summed E-state index contributed by atoms with van der Waals surface area (Å²) in [6.45, 7) is 7.46. The van der Waals surface area contributed by atoms with Crippen molar-refractivity contribution in [2.75, 3.05) is 0 Å². The van der Waals surface area contributed by atoms with Crippen LogP contribution in [0.1, 0.15) is 110 Å². The predicted octanol–water partition coefficient (Wildman–Crippen LogP) is 21.2. The third kappa shape index (κ3) is 6.68. The minimum atomic E-state index is -0.804. The van der Waals surface area contributed by atoms with Gasteiger partial charge in [0.25, 0.3) is 0 Å². The van der Waals surface area contributed by atoms with Crippen LogP contribution in [0.25, 0.3) is 66.9 Å². The Morgan fingerprint density at radius 2 is 0.750 bits per heavy atom. The first-order valence-corrected chi connectivity index (χ1v) is 31.4. The first-order valence-electron chi connectivity index (χ1n) is 31.4. The molecule has 11 aromatic rings. The summed E-state index contributed by atoms with van der Waals surface area (Å²) < 4.78 is 0. The van der Waals surface area contributed by atoms with Crippen LogP contribution in [0.5, 0.6) is 0 Å². The highest BCUT2D eigenvalue weighted by molar-refractivity contribution is 6.11. The number of benzene rings is 11. The fourth-order valence-corrected chi connectivity index (χ4v) is 17.5. The summed E-state index contributed by atoms with van der Waals surface area (Å²) in [5.74, 6) is 0. The van der Waals surface area contributed by atoms with Crippen molar-refractivity contribution in [3.8, 4) is 44.5 Å². The smallest absolute Gasteiger partial charge is 0.0786 e. The maximum atomic E-state index is 5.67. The lowest BCUT2D eigenvalue weighted by Gasteiger charge is -2.34. The van der Waals surface area contributed by atoms with Crippen molar-refractivity contribution in [1.29, 1.82) is 0 Å². The molecule has 0 saturated heterocycles. The Hall–Kier alpha value is -10.5. The molecule has 0 N–H and O–H groups in total. The lowest BCUT2D eigenvalue weighted by Crippen LogP contribution is -2.28. The molecular weight excluding hydrogens is 1060 g/mol. The number of hydrogen-bond donors (Lipinski definition) is 0. The van der Waals surface area contributed by atoms with E-state index in [1.54, 1.807) is 0 Å². The van der Waals surface area contributed by atoms with E-state index in [0.29, 0.717) is 0 Å². The highest BCUT2D eigenvalue weighted by Crippen LogP contribution is 2.67. The first kappa shape index (κ1) is 50.8. The molecule has 2 unspecified atom stereocenters. The molecule has 0 aromatic heterocycles. The molecule has 0 bridgehead atoms. The van der Waals surface area contributed by atoms with Gasteiger partial charge in [-0.2, -0.15) is 0 Å². The van der Waals surface area contributed by atoms with E-state index in [0.717, 1.165) is 70.5 Å². The van der Waals surface area contributed by atoms with E-state index in [9.17, 15) is 0 Å². The zero-order valence-corrected chi connectivity index (χ0v) is 49.2. The second-order valence-corrected chi connectivity index (χ2v) is 24.9. The molecule has 0 radical (unpaired) electrons. The number of nitrogens with zero attached hydrogens (tertiary/aromatic N) is 1. The Morgan fingerprint density at radius 1 is 0.341 bits per heavy atom. The van der Waals surface area contributed by atoms with E-state index in [1.807, 2.05) is 0 Å². The van der Waals surface area contributed by atoms with E-state index in [4.69, 9.17) is 11.6 Å². The largest absolute Gasteiger partial charge is 0.252 e. The summed E-state index contributed by atoms with van der Waals surface area (Å²) in [4.78, 5) is 5.67. The van der Waals surface area contributed by atoms with Crippen molar-refractivity contribution in [3.63, 3.8) is 0 Å². The minimum absolute atomic E-state index is 0.333. The fraction of sp³-hybridized carbons (Fsp3) is 0.0920. The van der Waals surface area contributed by atoms with Gasteiger partial charge in [0, 0.05) is 16.8 Å². The predicted molar refractivity (Wildman–Crippen MR) is 365 cm³/mol. The monoisotopic (exact) mass is 1120 g/mol. The quantitative estimate of drug-likeness (QED) is 0.141. The van der Waals surface area contributed by atoms with Gasteiger partial charge in [0.1, 0.15) is 0 Å². The van der Waals surface area contributed by atoms with E-state index >= 15 is 0 Å². The minimum Gasteiger partial charge on any atom is -0.252 e. The molecular formula is C87H61N. The molecule has 0 aliphatic heterocycles. The second-order valence-electron chi connectivity index (χ2n) is 24.9. The van der Waals surface area contributed by atoms with Gasteiger partial charge in [-0.25, -0.2) is 0 Å².